The van der Waals surface area contributed by atoms with Gasteiger partial charge in [0.2, 0.25) is 5.91 Å². The number of amides is 2. The molecule has 0 aliphatic carbocycles. The van der Waals surface area contributed by atoms with Crippen LogP contribution in [0.3, 0.4) is 0 Å². The van der Waals surface area contributed by atoms with Crippen LogP contribution in [-0.2, 0) is 22.7 Å². The zero-order chi connectivity index (χ0) is 25.8. The summed E-state index contributed by atoms with van der Waals surface area (Å²) in [6.45, 7) is 1.98. The largest absolute Gasteiger partial charge is 0.497 e. The molecule has 1 heterocycles. The highest BCUT2D eigenvalue weighted by Crippen LogP contribution is 2.29. The maximum Gasteiger partial charge on any atom is 0.341 e. The molecule has 36 heavy (non-hydrogen) atoms. The van der Waals surface area contributed by atoms with Crippen molar-refractivity contribution in [2.75, 3.05) is 19.5 Å². The van der Waals surface area contributed by atoms with Crippen molar-refractivity contribution in [2.24, 2.45) is 0 Å². The second-order valence-electron chi connectivity index (χ2n) is 8.25. The molecule has 0 saturated heterocycles. The smallest absolute Gasteiger partial charge is 0.341 e. The van der Waals surface area contributed by atoms with Crippen LogP contribution in [0.2, 0.25) is 5.02 Å². The van der Waals surface area contributed by atoms with Gasteiger partial charge in [0, 0.05) is 11.6 Å². The second-order valence-corrected chi connectivity index (χ2v) is 8.68. The number of fused-ring (bicyclic) bond motifs is 1. The van der Waals surface area contributed by atoms with Gasteiger partial charge in [-0.2, -0.15) is 0 Å². The normalized spacial score (nSPS) is 15.0. The van der Waals surface area contributed by atoms with Gasteiger partial charge in [-0.05, 0) is 60.5 Å². The number of anilines is 1. The quantitative estimate of drug-likeness (QED) is 0.465. The molecule has 3 aromatic rings. The summed E-state index contributed by atoms with van der Waals surface area (Å²) in [4.78, 5) is 39.9. The molecule has 4 rings (SSSR count). The van der Waals surface area contributed by atoms with Gasteiger partial charge in [0.25, 0.3) is 5.91 Å². The summed E-state index contributed by atoms with van der Waals surface area (Å²) in [7, 11) is 2.89. The predicted molar refractivity (Wildman–Crippen MR) is 135 cm³/mol. The van der Waals surface area contributed by atoms with Gasteiger partial charge in [0.05, 0.1) is 25.5 Å². The summed E-state index contributed by atoms with van der Waals surface area (Å²) in [6, 6.07) is 16.3. The van der Waals surface area contributed by atoms with E-state index in [2.05, 4.69) is 5.32 Å². The number of methoxy groups -OCH3 is 2. The lowest BCUT2D eigenvalue weighted by Crippen LogP contribution is -2.42. The van der Waals surface area contributed by atoms with Crippen LogP contribution in [-0.4, -0.2) is 42.9 Å². The molecule has 1 atom stereocenters. The lowest BCUT2D eigenvalue weighted by molar-refractivity contribution is -0.120. The van der Waals surface area contributed by atoms with E-state index in [4.69, 9.17) is 25.8 Å². The summed E-state index contributed by atoms with van der Waals surface area (Å²) in [5, 5.41) is 3.18. The highest BCUT2D eigenvalue weighted by molar-refractivity contribution is 6.31. The predicted octanol–water partition coefficient (Wildman–Crippen LogP) is 4.70. The summed E-state index contributed by atoms with van der Waals surface area (Å²) in [5.74, 6) is -0.158. The van der Waals surface area contributed by atoms with Crippen LogP contribution in [0, 0.1) is 0 Å². The standard InChI is InChI=1S/C27H25ClN2O6/c1-16-25(31)29-23-13-19(28)7-11-21(23)26(32)30(16)14-18-6-10-22(27(33)35-3)24(12-18)36-15-17-4-8-20(34-2)9-5-17/h4-13,16H,14-15H2,1-3H3,(H,29,31). The van der Waals surface area contributed by atoms with Crippen LogP contribution in [0.1, 0.15) is 38.8 Å². The number of nitrogens with zero attached hydrogens (tertiary/aromatic N) is 1. The van der Waals surface area contributed by atoms with Gasteiger partial charge >= 0.3 is 5.97 Å². The van der Waals surface area contributed by atoms with Gasteiger partial charge < -0.3 is 24.4 Å². The van der Waals surface area contributed by atoms with Crippen molar-refractivity contribution < 1.29 is 28.6 Å². The molecule has 0 spiro atoms. The second kappa shape index (κ2) is 10.7. The maximum absolute atomic E-state index is 13.4. The molecule has 1 N–H and O–H groups in total. The number of carbonyl (C=O) groups is 3. The third-order valence-corrected chi connectivity index (χ3v) is 6.17. The number of ether oxygens (including phenoxy) is 3. The molecular weight excluding hydrogens is 484 g/mol. The first kappa shape index (κ1) is 25.1. The van der Waals surface area contributed by atoms with Crippen molar-refractivity contribution in [2.45, 2.75) is 26.1 Å². The van der Waals surface area contributed by atoms with Crippen molar-refractivity contribution in [1.29, 1.82) is 0 Å². The molecule has 8 nitrogen and oxygen atoms in total. The minimum absolute atomic E-state index is 0.121. The summed E-state index contributed by atoms with van der Waals surface area (Å²) >= 11 is 6.05. The van der Waals surface area contributed by atoms with Gasteiger partial charge in [0.15, 0.2) is 0 Å². The highest BCUT2D eigenvalue weighted by atomic mass is 35.5. The van der Waals surface area contributed by atoms with E-state index >= 15 is 0 Å². The number of benzene rings is 3. The minimum Gasteiger partial charge on any atom is -0.497 e. The Morgan fingerprint density at radius 2 is 1.72 bits per heavy atom. The lowest BCUT2D eigenvalue weighted by atomic mass is 10.1. The van der Waals surface area contributed by atoms with E-state index in [1.54, 1.807) is 50.4 Å². The van der Waals surface area contributed by atoms with E-state index < -0.39 is 12.0 Å². The molecule has 1 aliphatic rings. The van der Waals surface area contributed by atoms with E-state index in [-0.39, 0.29) is 30.5 Å². The van der Waals surface area contributed by atoms with Crippen molar-refractivity contribution in [1.82, 2.24) is 4.90 Å². The fraction of sp³-hybridized carbons (Fsp3) is 0.222. The van der Waals surface area contributed by atoms with E-state index in [1.165, 1.54) is 12.0 Å². The van der Waals surface area contributed by atoms with Crippen molar-refractivity contribution >= 4 is 35.1 Å². The Labute approximate surface area is 213 Å². The molecule has 0 aromatic heterocycles. The number of carbonyl (C=O) groups excluding carboxylic acids is 3. The molecule has 0 bridgehead atoms. The molecule has 1 unspecified atom stereocenters. The molecule has 3 aromatic carbocycles. The lowest BCUT2D eigenvalue weighted by Gasteiger charge is -2.26. The molecule has 0 radical (unpaired) electrons. The SMILES string of the molecule is COC(=O)c1ccc(CN2C(=O)c3ccc(Cl)cc3NC(=O)C2C)cc1OCc1ccc(OC)cc1. The minimum atomic E-state index is -0.743. The van der Waals surface area contributed by atoms with Gasteiger partial charge in [-0.25, -0.2) is 4.79 Å². The summed E-state index contributed by atoms with van der Waals surface area (Å²) in [5.41, 5.74) is 2.52. The monoisotopic (exact) mass is 508 g/mol. The fourth-order valence-electron chi connectivity index (χ4n) is 3.87. The van der Waals surface area contributed by atoms with Crippen LogP contribution >= 0.6 is 11.6 Å². The maximum atomic E-state index is 13.4. The average Bonchev–Trinajstić information content (AvgIpc) is 2.97. The first-order valence-electron chi connectivity index (χ1n) is 11.2. The zero-order valence-corrected chi connectivity index (χ0v) is 20.8. The number of hydrogen-bond donors (Lipinski definition) is 1. The molecule has 186 valence electrons. The van der Waals surface area contributed by atoms with Crippen molar-refractivity contribution in [3.05, 3.63) is 87.9 Å². The van der Waals surface area contributed by atoms with Crippen LogP contribution in [0.5, 0.6) is 11.5 Å². The molecule has 2 amide bonds. The van der Waals surface area contributed by atoms with E-state index in [1.807, 2.05) is 24.3 Å². The number of halogens is 1. The molecular formula is C27H25ClN2O6. The molecule has 1 aliphatic heterocycles. The van der Waals surface area contributed by atoms with Gasteiger partial charge in [-0.15, -0.1) is 0 Å². The Morgan fingerprint density at radius 1 is 1.00 bits per heavy atom. The Morgan fingerprint density at radius 3 is 2.42 bits per heavy atom. The molecule has 9 heteroatoms. The third-order valence-electron chi connectivity index (χ3n) is 5.94. The van der Waals surface area contributed by atoms with E-state index in [0.29, 0.717) is 27.6 Å². The van der Waals surface area contributed by atoms with E-state index in [0.717, 1.165) is 11.3 Å². The van der Waals surface area contributed by atoms with Gasteiger partial charge in [0.1, 0.15) is 29.7 Å². The molecule has 0 saturated carbocycles. The number of nitrogens with one attached hydrogen (secondary N) is 1. The average molecular weight is 509 g/mol. The Bertz CT molecular complexity index is 1310. The van der Waals surface area contributed by atoms with Crippen LogP contribution in [0.4, 0.5) is 5.69 Å². The highest BCUT2D eigenvalue weighted by Gasteiger charge is 2.32. The fourth-order valence-corrected chi connectivity index (χ4v) is 4.04. The van der Waals surface area contributed by atoms with Crippen LogP contribution in [0.15, 0.2) is 60.7 Å². The van der Waals surface area contributed by atoms with Crippen LogP contribution < -0.4 is 14.8 Å². The number of rotatable bonds is 7. The Hall–Kier alpha value is -4.04. The zero-order valence-electron chi connectivity index (χ0n) is 20.0. The summed E-state index contributed by atoms with van der Waals surface area (Å²) in [6.07, 6.45) is 0. The first-order valence-corrected chi connectivity index (χ1v) is 11.6. The van der Waals surface area contributed by atoms with Crippen molar-refractivity contribution in [3.8, 4) is 11.5 Å². The topological polar surface area (TPSA) is 94.2 Å². The first-order chi connectivity index (χ1) is 17.3. The van der Waals surface area contributed by atoms with Gasteiger partial charge in [-0.1, -0.05) is 29.8 Å². The van der Waals surface area contributed by atoms with Gasteiger partial charge in [-0.3, -0.25) is 9.59 Å². The Balaban J connectivity index is 1.62. The number of esters is 1. The van der Waals surface area contributed by atoms with E-state index in [9.17, 15) is 14.4 Å². The molecule has 0 fully saturated rings. The summed E-state index contributed by atoms with van der Waals surface area (Å²) < 4.78 is 16.1. The number of hydrogen-bond acceptors (Lipinski definition) is 6. The Kier molecular flexibility index (Phi) is 7.45. The third kappa shape index (κ3) is 5.28. The van der Waals surface area contributed by atoms with Crippen LogP contribution in [0.25, 0.3) is 0 Å². The van der Waals surface area contributed by atoms with Crippen molar-refractivity contribution in [3.63, 3.8) is 0 Å².